The van der Waals surface area contributed by atoms with Gasteiger partial charge in [0.05, 0.1) is 17.4 Å². The molecular formula is C40H33F2N3NiO3. The van der Waals surface area contributed by atoms with Crippen LogP contribution in [0.3, 0.4) is 0 Å². The number of likely N-dealkylation sites (tertiary alicyclic amines) is 1. The quantitative estimate of drug-likeness (QED) is 0.0990. The van der Waals surface area contributed by atoms with E-state index in [0.717, 1.165) is 18.5 Å². The van der Waals surface area contributed by atoms with E-state index in [1.807, 2.05) is 36.4 Å². The summed E-state index contributed by atoms with van der Waals surface area (Å²) in [5.41, 5.74) is 3.74. The Bertz CT molecular complexity index is 1860. The minimum atomic E-state index is -1.52. The Balaban J connectivity index is 0.00000468. The number of benzene rings is 5. The molecule has 1 aliphatic rings. The third-order valence-corrected chi connectivity index (χ3v) is 8.60. The Morgan fingerprint density at radius 3 is 1.90 bits per heavy atom. The summed E-state index contributed by atoms with van der Waals surface area (Å²) in [6.07, 6.45) is 1.55. The number of rotatable bonds is 11. The number of para-hydroxylation sites is 1. The Labute approximate surface area is 294 Å². The van der Waals surface area contributed by atoms with E-state index < -0.39 is 35.6 Å². The fourth-order valence-corrected chi connectivity index (χ4v) is 6.27. The summed E-state index contributed by atoms with van der Waals surface area (Å²) in [6, 6.07) is 35.0. The van der Waals surface area contributed by atoms with Crippen LogP contribution in [0.1, 0.15) is 46.6 Å². The van der Waals surface area contributed by atoms with Gasteiger partial charge in [-0.3, -0.25) is 14.9 Å². The van der Waals surface area contributed by atoms with Crippen LogP contribution < -0.4 is 10.2 Å². The molecule has 0 saturated carbocycles. The van der Waals surface area contributed by atoms with E-state index >= 15 is 0 Å². The SMILES string of the molecule is O=C([O-])[C@@H](N=C(c1ccccc1)c1ccccc1N=C([O-])[C@@H]1CCCN1Cc1ccccc1)C(c1ccc(F)cc1)c1ccc(F)cc1.[Ni+2]. The molecule has 5 aromatic rings. The van der Waals surface area contributed by atoms with Gasteiger partial charge in [0.1, 0.15) is 17.7 Å². The Morgan fingerprint density at radius 1 is 0.755 bits per heavy atom. The number of nitrogens with zero attached hydrogens (tertiary/aromatic N) is 3. The molecule has 0 unspecified atom stereocenters. The topological polar surface area (TPSA) is 91.1 Å². The molecule has 0 spiro atoms. The number of aliphatic imine (C=N–C) groups is 2. The van der Waals surface area contributed by atoms with E-state index in [1.165, 1.54) is 48.5 Å². The number of aliphatic carboxylic acids is 1. The maximum atomic E-state index is 14.0. The minimum Gasteiger partial charge on any atom is -0.861 e. The van der Waals surface area contributed by atoms with Crippen LogP contribution in [0, 0.1) is 11.6 Å². The zero-order valence-corrected chi connectivity index (χ0v) is 27.4. The molecule has 9 heteroatoms. The van der Waals surface area contributed by atoms with Crippen molar-refractivity contribution in [3.05, 3.63) is 173 Å². The molecule has 1 aliphatic heterocycles. The average molecular weight is 700 g/mol. The summed E-state index contributed by atoms with van der Waals surface area (Å²) in [4.78, 5) is 24.6. The molecule has 1 fully saturated rings. The van der Waals surface area contributed by atoms with Crippen LogP contribution >= 0.6 is 0 Å². The zero-order chi connectivity index (χ0) is 33.5. The third kappa shape index (κ3) is 8.55. The molecule has 0 aromatic heterocycles. The van der Waals surface area contributed by atoms with Gasteiger partial charge in [0.2, 0.25) is 0 Å². The van der Waals surface area contributed by atoms with Crippen molar-refractivity contribution in [3.8, 4) is 0 Å². The van der Waals surface area contributed by atoms with E-state index in [9.17, 15) is 23.8 Å². The van der Waals surface area contributed by atoms with Gasteiger partial charge in [0.15, 0.2) is 0 Å². The first-order valence-electron chi connectivity index (χ1n) is 15.9. The molecule has 0 aliphatic carbocycles. The minimum absolute atomic E-state index is 0. The van der Waals surface area contributed by atoms with Gasteiger partial charge in [0.25, 0.3) is 0 Å². The second-order valence-corrected chi connectivity index (χ2v) is 11.8. The van der Waals surface area contributed by atoms with Gasteiger partial charge in [-0.2, -0.15) is 0 Å². The standard InChI is InChI=1S/C40H35F2N3O3.Ni/c41-31-21-17-28(18-22-31)36(29-19-23-32(42)24-20-29)38(40(47)48)44-37(30-12-5-2-6-13-30)33-14-7-8-15-34(33)43-39(46)35-16-9-25-45(35)26-27-10-3-1-4-11-27;/h1-8,10-15,17-24,35-36,38H,9,16,25-26H2,(H,43,46)(H,47,48);/q;+2/p-2/t35-,38-;/m0./s1. The first kappa shape index (κ1) is 35.3. The van der Waals surface area contributed by atoms with Crippen LogP contribution in [0.4, 0.5) is 14.5 Å². The van der Waals surface area contributed by atoms with E-state index in [1.54, 1.807) is 48.5 Å². The fourth-order valence-electron chi connectivity index (χ4n) is 6.27. The summed E-state index contributed by atoms with van der Waals surface area (Å²) in [5.74, 6) is -3.68. The Hall–Kier alpha value is -4.98. The van der Waals surface area contributed by atoms with Gasteiger partial charge in [0, 0.05) is 29.6 Å². The van der Waals surface area contributed by atoms with Crippen molar-refractivity contribution in [2.24, 2.45) is 9.98 Å². The third-order valence-electron chi connectivity index (χ3n) is 8.60. The molecule has 1 heterocycles. The summed E-state index contributed by atoms with van der Waals surface area (Å²) in [6.45, 7) is 1.41. The van der Waals surface area contributed by atoms with E-state index in [4.69, 9.17) is 4.99 Å². The van der Waals surface area contributed by atoms with Crippen molar-refractivity contribution < 1.29 is 40.3 Å². The van der Waals surface area contributed by atoms with Gasteiger partial charge in [-0.1, -0.05) is 103 Å². The molecule has 1 saturated heterocycles. The van der Waals surface area contributed by atoms with Crippen LogP contribution in [-0.2, 0) is 27.8 Å². The molecular weight excluding hydrogens is 667 g/mol. The normalized spacial score (nSPS) is 15.9. The number of carboxylic acids is 1. The van der Waals surface area contributed by atoms with Crippen LogP contribution in [0.15, 0.2) is 143 Å². The van der Waals surface area contributed by atoms with Crippen LogP contribution in [0.2, 0.25) is 0 Å². The molecule has 6 rings (SSSR count). The van der Waals surface area contributed by atoms with E-state index in [0.29, 0.717) is 46.6 Å². The maximum absolute atomic E-state index is 14.0. The molecule has 2 atom stereocenters. The summed E-state index contributed by atoms with van der Waals surface area (Å²) >= 11 is 0. The summed E-state index contributed by atoms with van der Waals surface area (Å²) in [5, 5.41) is 26.8. The second-order valence-electron chi connectivity index (χ2n) is 11.8. The molecule has 6 nitrogen and oxygen atoms in total. The van der Waals surface area contributed by atoms with Crippen molar-refractivity contribution in [1.29, 1.82) is 0 Å². The van der Waals surface area contributed by atoms with E-state index in [2.05, 4.69) is 9.89 Å². The Morgan fingerprint density at radius 2 is 1.31 bits per heavy atom. The van der Waals surface area contributed by atoms with Gasteiger partial charge in [-0.25, -0.2) is 8.78 Å². The number of carbonyl (C=O) groups is 1. The summed E-state index contributed by atoms with van der Waals surface area (Å²) < 4.78 is 27.9. The fraction of sp³-hybridized carbons (Fsp3) is 0.175. The predicted molar refractivity (Wildman–Crippen MR) is 179 cm³/mol. The van der Waals surface area contributed by atoms with Gasteiger partial charge >= 0.3 is 16.5 Å². The maximum Gasteiger partial charge on any atom is 2.00 e. The number of carboxylic acid groups (broad SMARTS) is 1. The predicted octanol–water partition coefficient (Wildman–Crippen LogP) is 5.81. The average Bonchev–Trinajstić information content (AvgIpc) is 3.57. The molecule has 0 amide bonds. The second kappa shape index (κ2) is 16.4. The van der Waals surface area contributed by atoms with Crippen molar-refractivity contribution in [3.63, 3.8) is 0 Å². The van der Waals surface area contributed by atoms with Crippen LogP contribution in [-0.4, -0.2) is 41.1 Å². The smallest absolute Gasteiger partial charge is 0.861 e. The monoisotopic (exact) mass is 699 g/mol. The molecule has 0 N–H and O–H groups in total. The molecule has 0 radical (unpaired) electrons. The zero-order valence-electron chi connectivity index (χ0n) is 26.4. The van der Waals surface area contributed by atoms with Crippen molar-refractivity contribution in [2.45, 2.75) is 37.4 Å². The molecule has 5 aromatic carbocycles. The molecule has 250 valence electrons. The van der Waals surface area contributed by atoms with Crippen molar-refractivity contribution in [2.75, 3.05) is 6.54 Å². The van der Waals surface area contributed by atoms with Crippen LogP contribution in [0.25, 0.3) is 0 Å². The number of hydrogen-bond acceptors (Lipinski definition) is 6. The first-order chi connectivity index (χ1) is 23.4. The number of carbonyl (C=O) groups excluding carboxylic acids is 1. The number of hydrogen-bond donors (Lipinski definition) is 0. The van der Waals surface area contributed by atoms with Gasteiger partial charge in [-0.05, 0) is 72.3 Å². The molecule has 49 heavy (non-hydrogen) atoms. The van der Waals surface area contributed by atoms with Gasteiger partial charge < -0.3 is 15.0 Å². The van der Waals surface area contributed by atoms with Gasteiger partial charge in [-0.15, -0.1) is 0 Å². The number of halogens is 2. The Kier molecular flexibility index (Phi) is 11.8. The van der Waals surface area contributed by atoms with Crippen molar-refractivity contribution in [1.82, 2.24) is 4.90 Å². The largest absolute Gasteiger partial charge is 2.00 e. The van der Waals surface area contributed by atoms with Crippen molar-refractivity contribution >= 4 is 23.3 Å². The molecule has 0 bridgehead atoms. The summed E-state index contributed by atoms with van der Waals surface area (Å²) in [7, 11) is 0. The van der Waals surface area contributed by atoms with Crippen LogP contribution in [0.5, 0.6) is 0 Å². The van der Waals surface area contributed by atoms with E-state index in [-0.39, 0.29) is 22.4 Å². The first-order valence-corrected chi connectivity index (χ1v) is 15.9.